The van der Waals surface area contributed by atoms with Gasteiger partial charge in [0.15, 0.2) is 0 Å². The zero-order valence-electron chi connectivity index (χ0n) is 7.39. The molecule has 0 aromatic carbocycles. The zero-order valence-corrected chi connectivity index (χ0v) is 9.02. The molecule has 0 amide bonds. The van der Waals surface area contributed by atoms with Gasteiger partial charge in [0.25, 0.3) is 0 Å². The first-order chi connectivity index (χ1) is 4.72. The van der Waals surface area contributed by atoms with E-state index in [-0.39, 0.29) is 0 Å². The van der Waals surface area contributed by atoms with E-state index in [1.54, 1.807) is 0 Å². The molecule has 0 spiro atoms. The second kappa shape index (κ2) is 6.41. The molecule has 0 N–H and O–H groups in total. The quantitative estimate of drug-likeness (QED) is 0.587. The summed E-state index contributed by atoms with van der Waals surface area (Å²) < 4.78 is 0. The predicted molar refractivity (Wildman–Crippen MR) is 54.6 cm³/mol. The van der Waals surface area contributed by atoms with E-state index in [1.165, 1.54) is 12.2 Å². The molecule has 0 nitrogen and oxygen atoms in total. The highest BCUT2D eigenvalue weighted by molar-refractivity contribution is 8.76. The van der Waals surface area contributed by atoms with Gasteiger partial charge in [0.05, 0.1) is 0 Å². The van der Waals surface area contributed by atoms with Crippen LogP contribution in [0.15, 0.2) is 0 Å². The van der Waals surface area contributed by atoms with E-state index >= 15 is 0 Å². The molecular formula is C8H18S2. The highest BCUT2D eigenvalue weighted by Gasteiger charge is 2.10. The van der Waals surface area contributed by atoms with Crippen LogP contribution in [0.2, 0.25) is 0 Å². The molecule has 0 bridgehead atoms. The van der Waals surface area contributed by atoms with E-state index in [4.69, 9.17) is 0 Å². The van der Waals surface area contributed by atoms with Gasteiger partial charge >= 0.3 is 0 Å². The lowest BCUT2D eigenvalue weighted by molar-refractivity contribution is 0.596. The summed E-state index contributed by atoms with van der Waals surface area (Å²) in [6, 6.07) is 0. The van der Waals surface area contributed by atoms with Gasteiger partial charge in [-0.15, -0.1) is 0 Å². The van der Waals surface area contributed by atoms with Crippen LogP contribution in [0, 0.1) is 5.92 Å². The molecule has 0 fully saturated rings. The maximum absolute atomic E-state index is 2.30. The van der Waals surface area contributed by atoms with Gasteiger partial charge in [-0.1, -0.05) is 49.3 Å². The standard InChI is InChI=1S/C8H18S2/c1-5-8(7(3)4)10-9-6-2/h7-8H,5-6H2,1-4H3/t8-/m0/s1. The Balaban J connectivity index is 3.40. The van der Waals surface area contributed by atoms with Gasteiger partial charge in [0, 0.05) is 11.0 Å². The monoisotopic (exact) mass is 178 g/mol. The van der Waals surface area contributed by atoms with Crippen molar-refractivity contribution in [1.29, 1.82) is 0 Å². The molecule has 0 aliphatic heterocycles. The van der Waals surface area contributed by atoms with Crippen molar-refractivity contribution >= 4 is 21.6 Å². The SMILES string of the molecule is CCSS[C@@H](CC)C(C)C. The number of hydrogen-bond donors (Lipinski definition) is 0. The second-order valence-electron chi connectivity index (χ2n) is 2.69. The third kappa shape index (κ3) is 4.51. The first kappa shape index (κ1) is 10.7. The lowest BCUT2D eigenvalue weighted by Crippen LogP contribution is -2.07. The molecule has 0 saturated heterocycles. The summed E-state index contributed by atoms with van der Waals surface area (Å²) in [7, 11) is 4.03. The molecule has 1 atom stereocenters. The highest BCUT2D eigenvalue weighted by Crippen LogP contribution is 2.32. The van der Waals surface area contributed by atoms with Crippen molar-refractivity contribution in [3.8, 4) is 0 Å². The molecule has 62 valence electrons. The second-order valence-corrected chi connectivity index (χ2v) is 5.59. The predicted octanol–water partition coefficient (Wildman–Crippen LogP) is 3.82. The van der Waals surface area contributed by atoms with Gasteiger partial charge in [-0.3, -0.25) is 0 Å². The first-order valence-corrected chi connectivity index (χ1v) is 6.38. The third-order valence-corrected chi connectivity index (χ3v) is 4.81. The first-order valence-electron chi connectivity index (χ1n) is 4.00. The normalized spacial score (nSPS) is 14.1. The zero-order chi connectivity index (χ0) is 7.98. The fourth-order valence-electron chi connectivity index (χ4n) is 0.806. The molecular weight excluding hydrogens is 160 g/mol. The largest absolute Gasteiger partial charge is 0.0942 e. The third-order valence-electron chi connectivity index (χ3n) is 1.46. The Bertz CT molecular complexity index is 71.7. The molecule has 2 heteroatoms. The molecule has 0 unspecified atom stereocenters. The molecule has 0 aromatic heterocycles. The van der Waals surface area contributed by atoms with Crippen LogP contribution in [0.3, 0.4) is 0 Å². The van der Waals surface area contributed by atoms with Crippen molar-refractivity contribution in [3.05, 3.63) is 0 Å². The van der Waals surface area contributed by atoms with Crippen molar-refractivity contribution in [2.24, 2.45) is 5.92 Å². The topological polar surface area (TPSA) is 0 Å². The summed E-state index contributed by atoms with van der Waals surface area (Å²) in [5, 5.41) is 0.852. The van der Waals surface area contributed by atoms with E-state index in [9.17, 15) is 0 Å². The van der Waals surface area contributed by atoms with Crippen LogP contribution in [-0.2, 0) is 0 Å². The Morgan fingerprint density at radius 2 is 1.80 bits per heavy atom. The minimum atomic E-state index is 0.828. The van der Waals surface area contributed by atoms with Crippen LogP contribution >= 0.6 is 21.6 Å². The maximum Gasteiger partial charge on any atom is 0.0171 e. The van der Waals surface area contributed by atoms with Crippen molar-refractivity contribution in [2.75, 3.05) is 5.75 Å². The molecule has 0 rings (SSSR count). The Labute approximate surface area is 72.9 Å². The number of hydrogen-bond acceptors (Lipinski definition) is 2. The summed E-state index contributed by atoms with van der Waals surface area (Å²) >= 11 is 0. The summed E-state index contributed by atoms with van der Waals surface area (Å²) in [6.07, 6.45) is 1.30. The van der Waals surface area contributed by atoms with Crippen molar-refractivity contribution in [2.45, 2.75) is 39.4 Å². The van der Waals surface area contributed by atoms with Gasteiger partial charge in [-0.25, -0.2) is 0 Å². The summed E-state index contributed by atoms with van der Waals surface area (Å²) in [6.45, 7) is 9.09. The molecule has 0 aliphatic carbocycles. The van der Waals surface area contributed by atoms with Crippen LogP contribution < -0.4 is 0 Å². The summed E-state index contributed by atoms with van der Waals surface area (Å²) in [5.41, 5.74) is 0. The van der Waals surface area contributed by atoms with E-state index in [1.807, 2.05) is 21.6 Å². The van der Waals surface area contributed by atoms with Crippen LogP contribution in [-0.4, -0.2) is 11.0 Å². The Kier molecular flexibility index (Phi) is 6.86. The van der Waals surface area contributed by atoms with E-state index < -0.39 is 0 Å². The van der Waals surface area contributed by atoms with Crippen LogP contribution in [0.25, 0.3) is 0 Å². The molecule has 0 heterocycles. The smallest absolute Gasteiger partial charge is 0.0171 e. The molecule has 0 aromatic rings. The van der Waals surface area contributed by atoms with Crippen molar-refractivity contribution < 1.29 is 0 Å². The average Bonchev–Trinajstić information content (AvgIpc) is 1.89. The van der Waals surface area contributed by atoms with Crippen LogP contribution in [0.5, 0.6) is 0 Å². The average molecular weight is 178 g/mol. The molecule has 0 radical (unpaired) electrons. The number of rotatable bonds is 5. The van der Waals surface area contributed by atoms with Gasteiger partial charge in [-0.2, -0.15) is 0 Å². The van der Waals surface area contributed by atoms with Gasteiger partial charge in [0.1, 0.15) is 0 Å². The van der Waals surface area contributed by atoms with Crippen LogP contribution in [0.1, 0.15) is 34.1 Å². The Morgan fingerprint density at radius 3 is 2.10 bits per heavy atom. The van der Waals surface area contributed by atoms with E-state index in [0.29, 0.717) is 0 Å². The van der Waals surface area contributed by atoms with E-state index in [0.717, 1.165) is 11.2 Å². The summed E-state index contributed by atoms with van der Waals surface area (Å²) in [4.78, 5) is 0. The maximum atomic E-state index is 2.30. The molecule has 10 heavy (non-hydrogen) atoms. The molecule has 0 saturated carbocycles. The minimum Gasteiger partial charge on any atom is -0.0942 e. The lowest BCUT2D eigenvalue weighted by Gasteiger charge is -2.16. The Morgan fingerprint density at radius 1 is 1.20 bits per heavy atom. The summed E-state index contributed by atoms with van der Waals surface area (Å²) in [5.74, 6) is 2.06. The highest BCUT2D eigenvalue weighted by atomic mass is 33.1. The van der Waals surface area contributed by atoms with E-state index in [2.05, 4.69) is 27.7 Å². The fraction of sp³-hybridized carbons (Fsp3) is 1.00. The van der Waals surface area contributed by atoms with Gasteiger partial charge in [-0.05, 0) is 12.3 Å². The minimum absolute atomic E-state index is 0.828. The lowest BCUT2D eigenvalue weighted by atomic mass is 10.1. The van der Waals surface area contributed by atoms with Gasteiger partial charge in [0.2, 0.25) is 0 Å². The van der Waals surface area contributed by atoms with Crippen molar-refractivity contribution in [1.82, 2.24) is 0 Å². The Hall–Kier alpha value is 0.700. The van der Waals surface area contributed by atoms with Crippen LogP contribution in [0.4, 0.5) is 0 Å². The van der Waals surface area contributed by atoms with Crippen molar-refractivity contribution in [3.63, 3.8) is 0 Å². The fourth-order valence-corrected chi connectivity index (χ4v) is 3.48. The van der Waals surface area contributed by atoms with Gasteiger partial charge < -0.3 is 0 Å². The molecule has 0 aliphatic rings.